The van der Waals surface area contributed by atoms with Crippen LogP contribution in [0.1, 0.15) is 6.92 Å². The molecule has 4 N–H and O–H groups in total. The van der Waals surface area contributed by atoms with Crippen molar-refractivity contribution in [3.8, 4) is 0 Å². The van der Waals surface area contributed by atoms with Crippen LogP contribution in [0, 0.1) is 0 Å². The van der Waals surface area contributed by atoms with Crippen LogP contribution in [0.15, 0.2) is 12.3 Å². The third-order valence-electron chi connectivity index (χ3n) is 2.41. The molecule has 1 aromatic heterocycles. The molecule has 90 valence electrons. The van der Waals surface area contributed by atoms with E-state index in [2.05, 4.69) is 21.7 Å². The van der Waals surface area contributed by atoms with E-state index in [1.807, 2.05) is 14.1 Å². The number of likely N-dealkylation sites (N-methyl/N-ethyl adjacent to an activating group) is 2. The quantitative estimate of drug-likeness (QED) is 0.766. The van der Waals surface area contributed by atoms with Crippen LogP contribution in [0.25, 0.3) is 0 Å². The molecule has 0 unspecified atom stereocenters. The van der Waals surface area contributed by atoms with Gasteiger partial charge in [0.1, 0.15) is 0 Å². The summed E-state index contributed by atoms with van der Waals surface area (Å²) in [4.78, 5) is 8.57. The molecule has 1 aromatic rings. The van der Waals surface area contributed by atoms with Crippen LogP contribution < -0.4 is 16.4 Å². The maximum Gasteiger partial charge on any atom is 0.151 e. The Balaban J connectivity index is 2.78. The van der Waals surface area contributed by atoms with E-state index >= 15 is 0 Å². The molecule has 0 aliphatic carbocycles. The molecule has 5 heteroatoms. The van der Waals surface area contributed by atoms with Crippen LogP contribution in [0.5, 0.6) is 0 Å². The number of aromatic nitrogens is 1. The number of pyridine rings is 1. The van der Waals surface area contributed by atoms with E-state index < -0.39 is 0 Å². The van der Waals surface area contributed by atoms with E-state index in [4.69, 9.17) is 11.5 Å². The van der Waals surface area contributed by atoms with Crippen molar-refractivity contribution in [2.45, 2.75) is 6.92 Å². The van der Waals surface area contributed by atoms with Gasteiger partial charge < -0.3 is 21.3 Å². The SMILES string of the molecule is CCN(CCN(C)C)c1ncc(N)cc1N. The van der Waals surface area contributed by atoms with Gasteiger partial charge >= 0.3 is 0 Å². The molecule has 0 aliphatic rings. The zero-order valence-corrected chi connectivity index (χ0v) is 10.3. The highest BCUT2D eigenvalue weighted by Gasteiger charge is 2.09. The number of anilines is 3. The predicted molar refractivity (Wildman–Crippen MR) is 69.5 cm³/mol. The van der Waals surface area contributed by atoms with Gasteiger partial charge in [-0.25, -0.2) is 4.98 Å². The molecule has 0 radical (unpaired) electrons. The van der Waals surface area contributed by atoms with E-state index in [1.165, 1.54) is 0 Å². The van der Waals surface area contributed by atoms with Crippen LogP contribution in [0.3, 0.4) is 0 Å². The van der Waals surface area contributed by atoms with Gasteiger partial charge in [0, 0.05) is 19.6 Å². The Morgan fingerprint density at radius 2 is 1.94 bits per heavy atom. The molecule has 0 atom stereocenters. The van der Waals surface area contributed by atoms with Crippen molar-refractivity contribution in [3.05, 3.63) is 12.3 Å². The van der Waals surface area contributed by atoms with Gasteiger partial charge in [0.05, 0.1) is 17.6 Å². The normalized spacial score (nSPS) is 10.8. The second kappa shape index (κ2) is 5.55. The third kappa shape index (κ3) is 3.27. The molecule has 0 amide bonds. The molecule has 1 rings (SSSR count). The summed E-state index contributed by atoms with van der Waals surface area (Å²) < 4.78 is 0. The van der Waals surface area contributed by atoms with Gasteiger partial charge in [-0.15, -0.1) is 0 Å². The second-order valence-corrected chi connectivity index (χ2v) is 4.06. The lowest BCUT2D eigenvalue weighted by molar-refractivity contribution is 0.413. The number of nitrogen functional groups attached to an aromatic ring is 2. The van der Waals surface area contributed by atoms with Crippen molar-refractivity contribution in [2.24, 2.45) is 0 Å². The zero-order valence-electron chi connectivity index (χ0n) is 10.3. The summed E-state index contributed by atoms with van der Waals surface area (Å²) in [6, 6.07) is 1.75. The Bertz CT molecular complexity index is 337. The van der Waals surface area contributed by atoms with Crippen molar-refractivity contribution in [1.29, 1.82) is 0 Å². The predicted octanol–water partition coefficient (Wildman–Crippen LogP) is 0.634. The minimum absolute atomic E-state index is 0.602. The topological polar surface area (TPSA) is 71.4 Å². The molecule has 0 aliphatic heterocycles. The van der Waals surface area contributed by atoms with Crippen LogP contribution in [-0.4, -0.2) is 43.6 Å². The molecular formula is C11H21N5. The Kier molecular flexibility index (Phi) is 4.37. The van der Waals surface area contributed by atoms with Crippen molar-refractivity contribution in [2.75, 3.05) is 50.1 Å². The first-order valence-corrected chi connectivity index (χ1v) is 5.45. The van der Waals surface area contributed by atoms with Crippen molar-refractivity contribution >= 4 is 17.2 Å². The summed E-state index contributed by atoms with van der Waals surface area (Å²) in [5.74, 6) is 0.818. The lowest BCUT2D eigenvalue weighted by atomic mass is 10.3. The van der Waals surface area contributed by atoms with Crippen molar-refractivity contribution in [1.82, 2.24) is 9.88 Å². The van der Waals surface area contributed by atoms with Gasteiger partial charge in [0.25, 0.3) is 0 Å². The maximum absolute atomic E-state index is 5.91. The summed E-state index contributed by atoms with van der Waals surface area (Å²) in [6.07, 6.45) is 1.64. The highest BCUT2D eigenvalue weighted by atomic mass is 15.2. The molecule has 0 saturated carbocycles. The summed E-state index contributed by atoms with van der Waals surface area (Å²) in [6.45, 7) is 4.85. The number of rotatable bonds is 5. The Morgan fingerprint density at radius 3 is 2.44 bits per heavy atom. The molecular weight excluding hydrogens is 202 g/mol. The van der Waals surface area contributed by atoms with Gasteiger partial charge in [0.15, 0.2) is 5.82 Å². The average molecular weight is 223 g/mol. The molecule has 0 saturated heterocycles. The van der Waals surface area contributed by atoms with E-state index in [9.17, 15) is 0 Å². The standard InChI is InChI=1S/C11H21N5/c1-4-16(6-5-15(2)3)11-10(13)7-9(12)8-14-11/h7-8H,4-6,12-13H2,1-3H3. The molecule has 0 fully saturated rings. The average Bonchev–Trinajstić information content (AvgIpc) is 2.21. The molecule has 1 heterocycles. The number of hydrogen-bond donors (Lipinski definition) is 2. The third-order valence-corrected chi connectivity index (χ3v) is 2.41. The summed E-state index contributed by atoms with van der Waals surface area (Å²) >= 11 is 0. The summed E-state index contributed by atoms with van der Waals surface area (Å²) in [5.41, 5.74) is 12.8. The Hall–Kier alpha value is -1.49. The van der Waals surface area contributed by atoms with E-state index in [1.54, 1.807) is 12.3 Å². The summed E-state index contributed by atoms with van der Waals surface area (Å²) in [5, 5.41) is 0. The minimum atomic E-state index is 0.602. The molecule has 16 heavy (non-hydrogen) atoms. The lowest BCUT2D eigenvalue weighted by Gasteiger charge is -2.25. The molecule has 5 nitrogen and oxygen atoms in total. The highest BCUT2D eigenvalue weighted by molar-refractivity contribution is 5.66. The Labute approximate surface area is 97.0 Å². The fourth-order valence-electron chi connectivity index (χ4n) is 1.49. The molecule has 0 bridgehead atoms. The van der Waals surface area contributed by atoms with Gasteiger partial charge in [0.2, 0.25) is 0 Å². The van der Waals surface area contributed by atoms with Crippen LogP contribution in [0.4, 0.5) is 17.2 Å². The van der Waals surface area contributed by atoms with E-state index in [0.29, 0.717) is 11.4 Å². The fourth-order valence-corrected chi connectivity index (χ4v) is 1.49. The maximum atomic E-state index is 5.91. The first-order chi connectivity index (χ1) is 7.54. The smallest absolute Gasteiger partial charge is 0.151 e. The zero-order chi connectivity index (χ0) is 12.1. The highest BCUT2D eigenvalue weighted by Crippen LogP contribution is 2.21. The van der Waals surface area contributed by atoms with Crippen LogP contribution in [-0.2, 0) is 0 Å². The van der Waals surface area contributed by atoms with E-state index in [-0.39, 0.29) is 0 Å². The summed E-state index contributed by atoms with van der Waals surface area (Å²) in [7, 11) is 4.10. The van der Waals surface area contributed by atoms with E-state index in [0.717, 1.165) is 25.5 Å². The van der Waals surface area contributed by atoms with Gasteiger partial charge in [-0.2, -0.15) is 0 Å². The van der Waals surface area contributed by atoms with Gasteiger partial charge in [-0.05, 0) is 27.1 Å². The van der Waals surface area contributed by atoms with Crippen molar-refractivity contribution in [3.63, 3.8) is 0 Å². The van der Waals surface area contributed by atoms with Crippen LogP contribution in [0.2, 0.25) is 0 Å². The Morgan fingerprint density at radius 1 is 1.25 bits per heavy atom. The number of nitrogens with two attached hydrogens (primary N) is 2. The number of nitrogens with zero attached hydrogens (tertiary/aromatic N) is 3. The number of hydrogen-bond acceptors (Lipinski definition) is 5. The van der Waals surface area contributed by atoms with Crippen molar-refractivity contribution < 1.29 is 0 Å². The first kappa shape index (κ1) is 12.6. The van der Waals surface area contributed by atoms with Gasteiger partial charge in [-0.1, -0.05) is 0 Å². The minimum Gasteiger partial charge on any atom is -0.397 e. The second-order valence-electron chi connectivity index (χ2n) is 4.06. The first-order valence-electron chi connectivity index (χ1n) is 5.45. The largest absolute Gasteiger partial charge is 0.397 e. The lowest BCUT2D eigenvalue weighted by Crippen LogP contribution is -2.32. The van der Waals surface area contributed by atoms with Gasteiger partial charge in [-0.3, -0.25) is 0 Å². The molecule has 0 aromatic carbocycles. The van der Waals surface area contributed by atoms with Crippen LogP contribution >= 0.6 is 0 Å². The monoisotopic (exact) mass is 223 g/mol. The fraction of sp³-hybridized carbons (Fsp3) is 0.545. The molecule has 0 spiro atoms.